The van der Waals surface area contributed by atoms with Crippen molar-refractivity contribution in [2.75, 3.05) is 18.8 Å². The molecule has 110 valence electrons. The molecule has 2 nitrogen and oxygen atoms in total. The second-order valence-corrected chi connectivity index (χ2v) is 6.10. The van der Waals surface area contributed by atoms with Gasteiger partial charge in [-0.2, -0.15) is 0 Å². The molecular formula is C18H28N2. The highest BCUT2D eigenvalue weighted by molar-refractivity contribution is 5.66. The fourth-order valence-corrected chi connectivity index (χ4v) is 3.36. The van der Waals surface area contributed by atoms with Gasteiger partial charge in [-0.1, -0.05) is 51.3 Å². The number of nitrogens with one attached hydrogen (secondary N) is 1. The fraction of sp³-hybridized carbons (Fsp3) is 0.556. The molecule has 2 rings (SSSR count). The topological polar surface area (TPSA) is 38.0 Å². The van der Waals surface area contributed by atoms with Gasteiger partial charge in [0.25, 0.3) is 0 Å². The Bertz CT molecular complexity index is 422. The molecule has 0 aromatic heterocycles. The van der Waals surface area contributed by atoms with Crippen molar-refractivity contribution in [2.45, 2.75) is 39.0 Å². The van der Waals surface area contributed by atoms with E-state index in [2.05, 4.69) is 31.0 Å². The molecule has 2 atom stereocenters. The summed E-state index contributed by atoms with van der Waals surface area (Å²) in [7, 11) is 0. The first-order valence-electron chi connectivity index (χ1n) is 7.95. The Labute approximate surface area is 123 Å². The maximum atomic E-state index is 5.71. The molecule has 0 aliphatic heterocycles. The molecule has 1 aliphatic rings. The van der Waals surface area contributed by atoms with Crippen molar-refractivity contribution >= 4 is 11.3 Å². The average Bonchev–Trinajstić information content (AvgIpc) is 2.87. The normalized spacial score (nSPS) is 22.1. The summed E-state index contributed by atoms with van der Waals surface area (Å²) in [4.78, 5) is 0. The number of hydrogen-bond donors (Lipinski definition) is 2. The van der Waals surface area contributed by atoms with Crippen LogP contribution in [0.1, 0.15) is 44.6 Å². The van der Waals surface area contributed by atoms with Crippen LogP contribution in [0.4, 0.5) is 5.69 Å². The Hall–Kier alpha value is -1.28. The maximum absolute atomic E-state index is 5.71. The summed E-state index contributed by atoms with van der Waals surface area (Å²) in [5.41, 5.74) is 8.85. The van der Waals surface area contributed by atoms with Gasteiger partial charge >= 0.3 is 0 Å². The van der Waals surface area contributed by atoms with Crippen molar-refractivity contribution in [3.8, 4) is 0 Å². The summed E-state index contributed by atoms with van der Waals surface area (Å²) in [6, 6.07) is 7.98. The first-order chi connectivity index (χ1) is 9.70. The van der Waals surface area contributed by atoms with Gasteiger partial charge in [-0.25, -0.2) is 0 Å². The van der Waals surface area contributed by atoms with E-state index in [1.165, 1.54) is 37.7 Å². The number of rotatable bonds is 7. The van der Waals surface area contributed by atoms with Crippen LogP contribution < -0.4 is 11.1 Å². The van der Waals surface area contributed by atoms with Crippen molar-refractivity contribution < 1.29 is 0 Å². The zero-order valence-corrected chi connectivity index (χ0v) is 12.7. The van der Waals surface area contributed by atoms with Gasteiger partial charge in [-0.3, -0.25) is 0 Å². The highest BCUT2D eigenvalue weighted by atomic mass is 14.9. The molecule has 0 spiro atoms. The standard InChI is InChI=1S/C18H28N2/c1-3-5-16-6-4-7-17(16)13-20-12-14(2)15-8-10-18(19)11-9-15/h8-11,16-17,20H,2-7,12-13,19H2,1H3. The van der Waals surface area contributed by atoms with Gasteiger partial charge in [0.15, 0.2) is 0 Å². The monoisotopic (exact) mass is 272 g/mol. The van der Waals surface area contributed by atoms with Crippen LogP contribution in [-0.2, 0) is 0 Å². The smallest absolute Gasteiger partial charge is 0.0314 e. The molecule has 0 bridgehead atoms. The second kappa shape index (κ2) is 7.49. The minimum atomic E-state index is 0.808. The Balaban J connectivity index is 1.75. The molecule has 1 fully saturated rings. The molecule has 0 saturated heterocycles. The van der Waals surface area contributed by atoms with Crippen molar-refractivity contribution in [2.24, 2.45) is 11.8 Å². The summed E-state index contributed by atoms with van der Waals surface area (Å²) < 4.78 is 0. The predicted molar refractivity (Wildman–Crippen MR) is 88.5 cm³/mol. The fourth-order valence-electron chi connectivity index (χ4n) is 3.36. The van der Waals surface area contributed by atoms with Crippen LogP contribution in [0.2, 0.25) is 0 Å². The van der Waals surface area contributed by atoms with Gasteiger partial charge in [0.1, 0.15) is 0 Å². The molecule has 1 aromatic rings. The lowest BCUT2D eigenvalue weighted by Gasteiger charge is -2.20. The Kier molecular flexibility index (Phi) is 5.66. The van der Waals surface area contributed by atoms with E-state index in [1.54, 1.807) is 0 Å². The zero-order chi connectivity index (χ0) is 14.4. The van der Waals surface area contributed by atoms with Gasteiger partial charge in [0, 0.05) is 12.2 Å². The molecular weight excluding hydrogens is 244 g/mol. The lowest BCUT2D eigenvalue weighted by molar-refractivity contribution is 0.350. The molecule has 0 radical (unpaired) electrons. The van der Waals surface area contributed by atoms with Crippen molar-refractivity contribution in [3.05, 3.63) is 36.4 Å². The third kappa shape index (κ3) is 4.11. The lowest BCUT2D eigenvalue weighted by Crippen LogP contribution is -2.26. The molecule has 1 aliphatic carbocycles. The quantitative estimate of drug-likeness (QED) is 0.734. The summed E-state index contributed by atoms with van der Waals surface area (Å²) in [6.45, 7) is 8.48. The van der Waals surface area contributed by atoms with Crippen LogP contribution in [0, 0.1) is 11.8 Å². The number of benzene rings is 1. The van der Waals surface area contributed by atoms with Crippen molar-refractivity contribution in [1.82, 2.24) is 5.32 Å². The van der Waals surface area contributed by atoms with Crippen LogP contribution in [0.5, 0.6) is 0 Å². The van der Waals surface area contributed by atoms with Gasteiger partial charge in [-0.15, -0.1) is 0 Å². The zero-order valence-electron chi connectivity index (χ0n) is 12.7. The van der Waals surface area contributed by atoms with Gasteiger partial charge in [0.2, 0.25) is 0 Å². The van der Waals surface area contributed by atoms with E-state index in [1.807, 2.05) is 12.1 Å². The maximum Gasteiger partial charge on any atom is 0.0314 e. The predicted octanol–water partition coefficient (Wildman–Crippen LogP) is 4.09. The SMILES string of the molecule is C=C(CNCC1CCCC1CCC)c1ccc(N)cc1. The van der Waals surface area contributed by atoms with Crippen LogP contribution in [-0.4, -0.2) is 13.1 Å². The Morgan fingerprint density at radius 2 is 1.95 bits per heavy atom. The molecule has 1 aromatic carbocycles. The number of nitrogens with two attached hydrogens (primary N) is 1. The van der Waals surface area contributed by atoms with E-state index in [-0.39, 0.29) is 0 Å². The van der Waals surface area contributed by atoms with Crippen LogP contribution in [0.3, 0.4) is 0 Å². The minimum absolute atomic E-state index is 0.808. The van der Waals surface area contributed by atoms with E-state index < -0.39 is 0 Å². The minimum Gasteiger partial charge on any atom is -0.399 e. The summed E-state index contributed by atoms with van der Waals surface area (Å²) >= 11 is 0. The van der Waals surface area contributed by atoms with Gasteiger partial charge < -0.3 is 11.1 Å². The second-order valence-electron chi connectivity index (χ2n) is 6.10. The van der Waals surface area contributed by atoms with E-state index in [0.29, 0.717) is 0 Å². The summed E-state index contributed by atoms with van der Waals surface area (Å²) in [5, 5.41) is 3.60. The van der Waals surface area contributed by atoms with E-state index in [0.717, 1.165) is 36.2 Å². The van der Waals surface area contributed by atoms with E-state index >= 15 is 0 Å². The summed E-state index contributed by atoms with van der Waals surface area (Å²) in [5.74, 6) is 1.81. The first kappa shape index (κ1) is 15.1. The third-order valence-electron chi connectivity index (χ3n) is 4.54. The molecule has 0 heterocycles. The molecule has 20 heavy (non-hydrogen) atoms. The van der Waals surface area contributed by atoms with Crippen LogP contribution in [0.25, 0.3) is 5.57 Å². The van der Waals surface area contributed by atoms with E-state index in [9.17, 15) is 0 Å². The Morgan fingerprint density at radius 3 is 2.65 bits per heavy atom. The van der Waals surface area contributed by atoms with Crippen molar-refractivity contribution in [3.63, 3.8) is 0 Å². The van der Waals surface area contributed by atoms with Gasteiger partial charge in [-0.05, 0) is 48.1 Å². The van der Waals surface area contributed by atoms with Crippen molar-refractivity contribution in [1.29, 1.82) is 0 Å². The molecule has 2 heteroatoms. The highest BCUT2D eigenvalue weighted by Gasteiger charge is 2.25. The third-order valence-corrected chi connectivity index (χ3v) is 4.54. The number of anilines is 1. The number of hydrogen-bond acceptors (Lipinski definition) is 2. The Morgan fingerprint density at radius 1 is 1.25 bits per heavy atom. The first-order valence-corrected chi connectivity index (χ1v) is 7.95. The van der Waals surface area contributed by atoms with Crippen LogP contribution in [0.15, 0.2) is 30.8 Å². The largest absolute Gasteiger partial charge is 0.399 e. The molecule has 2 unspecified atom stereocenters. The molecule has 0 amide bonds. The molecule has 1 saturated carbocycles. The molecule has 3 N–H and O–H groups in total. The van der Waals surface area contributed by atoms with Crippen LogP contribution >= 0.6 is 0 Å². The summed E-state index contributed by atoms with van der Waals surface area (Å²) in [6.07, 6.45) is 6.95. The van der Waals surface area contributed by atoms with E-state index in [4.69, 9.17) is 5.73 Å². The lowest BCUT2D eigenvalue weighted by atomic mass is 9.92. The number of nitrogen functional groups attached to an aromatic ring is 1. The van der Waals surface area contributed by atoms with Gasteiger partial charge in [0.05, 0.1) is 0 Å². The highest BCUT2D eigenvalue weighted by Crippen LogP contribution is 2.34. The average molecular weight is 272 g/mol.